The molecule has 6 heteroatoms. The molecule has 0 aliphatic rings. The Labute approximate surface area is 125 Å². The van der Waals surface area contributed by atoms with Gasteiger partial charge in [-0.15, -0.1) is 0 Å². The van der Waals surface area contributed by atoms with Crippen molar-refractivity contribution in [1.29, 1.82) is 0 Å². The predicted octanol–water partition coefficient (Wildman–Crippen LogP) is 2.70. The maximum absolute atomic E-state index is 12.0. The smallest absolute Gasteiger partial charge is 0.240 e. The normalized spacial score (nSPS) is 11.6. The van der Waals surface area contributed by atoms with Gasteiger partial charge in [0, 0.05) is 23.1 Å². The van der Waals surface area contributed by atoms with Gasteiger partial charge in [0.25, 0.3) is 0 Å². The highest BCUT2D eigenvalue weighted by atomic mass is 32.2. The molecular weight excluding hydrogens is 286 g/mol. The fourth-order valence-corrected chi connectivity index (χ4v) is 3.08. The summed E-state index contributed by atoms with van der Waals surface area (Å²) >= 11 is 0. The second kappa shape index (κ2) is 6.15. The Morgan fingerprint density at radius 1 is 0.905 bits per heavy atom. The molecule has 0 amide bonds. The maximum atomic E-state index is 12.0. The van der Waals surface area contributed by atoms with Gasteiger partial charge >= 0.3 is 0 Å². The van der Waals surface area contributed by atoms with Crippen LogP contribution in [0.25, 0.3) is 0 Å². The van der Waals surface area contributed by atoms with Crippen LogP contribution in [-0.4, -0.2) is 14.5 Å². The molecule has 0 radical (unpaired) electrons. The third-order valence-electron chi connectivity index (χ3n) is 2.75. The Morgan fingerprint density at radius 2 is 1.38 bits per heavy atom. The molecule has 0 heterocycles. The average Bonchev–Trinajstić information content (AvgIpc) is 2.41. The van der Waals surface area contributed by atoms with Gasteiger partial charge in [0.1, 0.15) is 0 Å². The van der Waals surface area contributed by atoms with Crippen molar-refractivity contribution in [3.05, 3.63) is 48.5 Å². The Balaban J connectivity index is 2.14. The zero-order valence-electron chi connectivity index (χ0n) is 12.0. The third-order valence-corrected chi connectivity index (χ3v) is 4.43. The lowest BCUT2D eigenvalue weighted by Gasteiger charge is -2.11. The van der Waals surface area contributed by atoms with Gasteiger partial charge in [0.2, 0.25) is 10.0 Å². The summed E-state index contributed by atoms with van der Waals surface area (Å²) in [6.07, 6.45) is 0. The zero-order chi connectivity index (χ0) is 15.5. The summed E-state index contributed by atoms with van der Waals surface area (Å²) in [7, 11) is -3.45. The molecule has 0 unspecified atom stereocenters. The lowest BCUT2D eigenvalue weighted by Crippen LogP contribution is -2.30. The highest BCUT2D eigenvalue weighted by Gasteiger charge is 2.14. The van der Waals surface area contributed by atoms with Crippen LogP contribution >= 0.6 is 0 Å². The largest absolute Gasteiger partial charge is 0.399 e. The Morgan fingerprint density at radius 3 is 1.86 bits per heavy atom. The van der Waals surface area contributed by atoms with Crippen LogP contribution in [-0.2, 0) is 10.0 Å². The number of nitrogens with two attached hydrogens (primary N) is 1. The molecule has 4 N–H and O–H groups in total. The highest BCUT2D eigenvalue weighted by Crippen LogP contribution is 2.19. The van der Waals surface area contributed by atoms with E-state index in [2.05, 4.69) is 10.0 Å². The van der Waals surface area contributed by atoms with E-state index < -0.39 is 10.0 Å². The molecule has 0 fully saturated rings. The number of hydrogen-bond donors (Lipinski definition) is 3. The van der Waals surface area contributed by atoms with Crippen LogP contribution in [0.15, 0.2) is 53.4 Å². The molecule has 5 nitrogen and oxygen atoms in total. The van der Waals surface area contributed by atoms with Gasteiger partial charge in [-0.05, 0) is 62.4 Å². The molecule has 0 spiro atoms. The summed E-state index contributed by atoms with van der Waals surface area (Å²) in [5.74, 6) is 0. The van der Waals surface area contributed by atoms with Gasteiger partial charge in [-0.3, -0.25) is 0 Å². The van der Waals surface area contributed by atoms with Gasteiger partial charge < -0.3 is 11.1 Å². The zero-order valence-corrected chi connectivity index (χ0v) is 12.8. The summed E-state index contributed by atoms with van der Waals surface area (Å²) in [6.45, 7) is 3.57. The Kier molecular flexibility index (Phi) is 4.50. The SMILES string of the molecule is CC(C)NS(=O)(=O)c1ccc(Nc2ccc(N)cc2)cc1. The van der Waals surface area contributed by atoms with Crippen LogP contribution in [0, 0.1) is 0 Å². The van der Waals surface area contributed by atoms with Crippen molar-refractivity contribution in [3.63, 3.8) is 0 Å². The van der Waals surface area contributed by atoms with E-state index in [1.54, 1.807) is 50.2 Å². The topological polar surface area (TPSA) is 84.2 Å². The van der Waals surface area contributed by atoms with E-state index in [0.717, 1.165) is 11.4 Å². The van der Waals surface area contributed by atoms with Crippen molar-refractivity contribution in [2.24, 2.45) is 0 Å². The summed E-state index contributed by atoms with van der Waals surface area (Å²) in [6, 6.07) is 13.8. The van der Waals surface area contributed by atoms with Crippen molar-refractivity contribution >= 4 is 27.1 Å². The second-order valence-electron chi connectivity index (χ2n) is 5.05. The van der Waals surface area contributed by atoms with E-state index in [4.69, 9.17) is 5.73 Å². The van der Waals surface area contributed by atoms with Crippen LogP contribution in [0.4, 0.5) is 17.1 Å². The summed E-state index contributed by atoms with van der Waals surface area (Å²) in [5.41, 5.74) is 8.02. The molecule has 0 aliphatic heterocycles. The Bertz CT molecular complexity index is 693. The maximum Gasteiger partial charge on any atom is 0.240 e. The van der Waals surface area contributed by atoms with Crippen LogP contribution in [0.3, 0.4) is 0 Å². The van der Waals surface area contributed by atoms with E-state index in [-0.39, 0.29) is 10.9 Å². The van der Waals surface area contributed by atoms with Crippen molar-refractivity contribution in [1.82, 2.24) is 4.72 Å². The molecular formula is C15H19N3O2S. The van der Waals surface area contributed by atoms with Crippen LogP contribution < -0.4 is 15.8 Å². The fraction of sp³-hybridized carbons (Fsp3) is 0.200. The first-order valence-electron chi connectivity index (χ1n) is 6.62. The molecule has 0 aliphatic carbocycles. The van der Waals surface area contributed by atoms with Gasteiger partial charge in [0.05, 0.1) is 4.90 Å². The molecule has 21 heavy (non-hydrogen) atoms. The van der Waals surface area contributed by atoms with Gasteiger partial charge in [-0.25, -0.2) is 13.1 Å². The van der Waals surface area contributed by atoms with Crippen molar-refractivity contribution in [2.75, 3.05) is 11.1 Å². The standard InChI is InChI=1S/C15H19N3O2S/c1-11(2)18-21(19,20)15-9-7-14(8-10-15)17-13-5-3-12(16)4-6-13/h3-11,17-18H,16H2,1-2H3. The fourth-order valence-electron chi connectivity index (χ4n) is 1.83. The summed E-state index contributed by atoms with van der Waals surface area (Å²) in [4.78, 5) is 0.249. The molecule has 0 saturated carbocycles. The molecule has 0 atom stereocenters. The first-order chi connectivity index (χ1) is 9.87. The van der Waals surface area contributed by atoms with E-state index in [1.165, 1.54) is 0 Å². The number of hydrogen-bond acceptors (Lipinski definition) is 4. The Hall–Kier alpha value is -2.05. The van der Waals surface area contributed by atoms with Crippen molar-refractivity contribution in [3.8, 4) is 0 Å². The number of sulfonamides is 1. The average molecular weight is 305 g/mol. The minimum absolute atomic E-state index is 0.137. The molecule has 0 aromatic heterocycles. The number of anilines is 3. The molecule has 0 bridgehead atoms. The molecule has 2 rings (SSSR count). The molecule has 112 valence electrons. The van der Waals surface area contributed by atoms with Crippen molar-refractivity contribution < 1.29 is 8.42 Å². The van der Waals surface area contributed by atoms with E-state index >= 15 is 0 Å². The summed E-state index contributed by atoms with van der Waals surface area (Å²) < 4.78 is 26.6. The molecule has 0 saturated heterocycles. The minimum atomic E-state index is -3.45. The second-order valence-corrected chi connectivity index (χ2v) is 6.76. The first-order valence-corrected chi connectivity index (χ1v) is 8.10. The third kappa shape index (κ3) is 4.21. The lowest BCUT2D eigenvalue weighted by atomic mass is 10.2. The van der Waals surface area contributed by atoms with Crippen LogP contribution in [0.2, 0.25) is 0 Å². The van der Waals surface area contributed by atoms with E-state index in [9.17, 15) is 8.42 Å². The van der Waals surface area contributed by atoms with Crippen LogP contribution in [0.5, 0.6) is 0 Å². The van der Waals surface area contributed by atoms with Gasteiger partial charge in [-0.2, -0.15) is 0 Å². The lowest BCUT2D eigenvalue weighted by molar-refractivity contribution is 0.570. The highest BCUT2D eigenvalue weighted by molar-refractivity contribution is 7.89. The number of nitrogen functional groups attached to an aromatic ring is 1. The summed E-state index contributed by atoms with van der Waals surface area (Å²) in [5, 5.41) is 3.18. The monoisotopic (exact) mass is 305 g/mol. The molecule has 2 aromatic carbocycles. The van der Waals surface area contributed by atoms with Crippen LogP contribution in [0.1, 0.15) is 13.8 Å². The quantitative estimate of drug-likeness (QED) is 0.742. The number of rotatable bonds is 5. The van der Waals surface area contributed by atoms with Gasteiger partial charge in [0.15, 0.2) is 0 Å². The van der Waals surface area contributed by atoms with E-state index in [1.807, 2.05) is 12.1 Å². The van der Waals surface area contributed by atoms with Gasteiger partial charge in [-0.1, -0.05) is 0 Å². The van der Waals surface area contributed by atoms with Crippen molar-refractivity contribution in [2.45, 2.75) is 24.8 Å². The minimum Gasteiger partial charge on any atom is -0.399 e. The number of nitrogens with one attached hydrogen (secondary N) is 2. The van der Waals surface area contributed by atoms with E-state index in [0.29, 0.717) is 5.69 Å². The predicted molar refractivity (Wildman–Crippen MR) is 86.0 cm³/mol. The molecule has 2 aromatic rings. The number of benzene rings is 2. The first kappa shape index (κ1) is 15.3.